The zero-order valence-electron chi connectivity index (χ0n) is 16.5. The third kappa shape index (κ3) is 3.83. The van der Waals surface area contributed by atoms with Crippen LogP contribution in [0.25, 0.3) is 0 Å². The van der Waals surface area contributed by atoms with Crippen LogP contribution < -0.4 is 15.8 Å². The summed E-state index contributed by atoms with van der Waals surface area (Å²) in [5, 5.41) is 2.58. The van der Waals surface area contributed by atoms with E-state index < -0.39 is 22.4 Å². The number of nitrogens with two attached hydrogens (primary N) is 1. The molecule has 0 aromatic heterocycles. The molecule has 1 unspecified atom stereocenters. The third-order valence-corrected chi connectivity index (χ3v) is 7.19. The van der Waals surface area contributed by atoms with E-state index in [1.807, 2.05) is 0 Å². The Morgan fingerprint density at radius 1 is 1.21 bits per heavy atom. The average Bonchev–Trinajstić information content (AvgIpc) is 2.57. The number of carbonyl (C=O) groups is 1. The molecule has 0 spiro atoms. The van der Waals surface area contributed by atoms with Gasteiger partial charge in [-0.05, 0) is 75.8 Å². The van der Waals surface area contributed by atoms with Gasteiger partial charge in [-0.25, -0.2) is 0 Å². The van der Waals surface area contributed by atoms with E-state index in [1.54, 1.807) is 13.8 Å². The molecule has 4 nitrogen and oxygen atoms in total. The molecule has 160 valence electrons. The number of hydrogen-bond donors (Lipinski definition) is 2. The smallest absolute Gasteiger partial charge is 0.417 e. The quantitative estimate of drug-likeness (QED) is 0.737. The van der Waals surface area contributed by atoms with Crippen LogP contribution in [-0.2, 0) is 11.0 Å². The van der Waals surface area contributed by atoms with Crippen molar-refractivity contribution in [3.8, 4) is 5.75 Å². The number of carbonyl (C=O) groups excluding carboxylic acids is 1. The van der Waals surface area contributed by atoms with Crippen LogP contribution in [-0.4, -0.2) is 23.1 Å². The lowest BCUT2D eigenvalue weighted by Crippen LogP contribution is -2.66. The van der Waals surface area contributed by atoms with Crippen molar-refractivity contribution in [1.82, 2.24) is 5.32 Å². The number of nitrogens with one attached hydrogen (secondary N) is 1. The van der Waals surface area contributed by atoms with Crippen molar-refractivity contribution in [3.05, 3.63) is 28.8 Å². The van der Waals surface area contributed by atoms with Crippen molar-refractivity contribution < 1.29 is 22.7 Å². The highest BCUT2D eigenvalue weighted by Gasteiger charge is 2.54. The topological polar surface area (TPSA) is 64.3 Å². The van der Waals surface area contributed by atoms with Crippen molar-refractivity contribution >= 4 is 17.5 Å². The molecule has 8 heteroatoms. The first kappa shape index (κ1) is 20.8. The maximum Gasteiger partial charge on any atom is 0.417 e. The maximum atomic E-state index is 13.1. The summed E-state index contributed by atoms with van der Waals surface area (Å²) in [7, 11) is 0. The number of rotatable bonds is 4. The van der Waals surface area contributed by atoms with Crippen LogP contribution in [0.2, 0.25) is 5.02 Å². The van der Waals surface area contributed by atoms with E-state index in [2.05, 4.69) is 5.32 Å². The van der Waals surface area contributed by atoms with Crippen LogP contribution >= 0.6 is 11.6 Å². The van der Waals surface area contributed by atoms with Crippen molar-refractivity contribution in [2.24, 2.45) is 23.5 Å². The van der Waals surface area contributed by atoms with Gasteiger partial charge in [0, 0.05) is 11.6 Å². The van der Waals surface area contributed by atoms with Gasteiger partial charge in [-0.3, -0.25) is 4.79 Å². The number of amides is 1. The molecule has 5 rings (SSSR count). The highest BCUT2D eigenvalue weighted by Crippen LogP contribution is 2.54. The van der Waals surface area contributed by atoms with E-state index in [-0.39, 0.29) is 23.2 Å². The van der Waals surface area contributed by atoms with Crippen molar-refractivity contribution in [3.63, 3.8) is 0 Å². The van der Waals surface area contributed by atoms with Gasteiger partial charge in [0.25, 0.3) is 5.91 Å². The summed E-state index contributed by atoms with van der Waals surface area (Å²) in [5.41, 5.74) is 4.07. The van der Waals surface area contributed by atoms with Gasteiger partial charge >= 0.3 is 6.18 Å². The Bertz CT molecular complexity index is 811. The van der Waals surface area contributed by atoms with Gasteiger partial charge in [0.05, 0.1) is 10.6 Å². The molecule has 1 aromatic carbocycles. The standard InChI is InChI=1S/C21H26ClF3N2O2/c1-19(2,29-15-5-3-4-14(16(15)22)21(23,24)25)18(28)27-17-12-6-11-7-13(17)10-20(26,8-11)9-12/h3-5,11-13,17H,6-10,26H2,1-2H3,(H,27,28)/t11?,12-,13+,17+,20+. The van der Waals surface area contributed by atoms with Crippen LogP contribution in [0.15, 0.2) is 18.2 Å². The summed E-state index contributed by atoms with van der Waals surface area (Å²) >= 11 is 5.92. The maximum absolute atomic E-state index is 13.1. The predicted octanol–water partition coefficient (Wildman–Crippen LogP) is 4.54. The van der Waals surface area contributed by atoms with E-state index >= 15 is 0 Å². The lowest BCUT2D eigenvalue weighted by atomic mass is 9.51. The lowest BCUT2D eigenvalue weighted by molar-refractivity contribution is -0.139. The van der Waals surface area contributed by atoms with E-state index in [1.165, 1.54) is 12.1 Å². The highest BCUT2D eigenvalue weighted by molar-refractivity contribution is 6.32. The molecule has 4 aliphatic rings. The SMILES string of the molecule is CC(C)(Oc1cccc(C(F)(F)F)c1Cl)C(=O)N[C@H]1[C@@H]2CC3C[C@H]1C[C@](N)(C3)C2. The zero-order valence-corrected chi connectivity index (χ0v) is 17.2. The molecule has 0 saturated heterocycles. The average molecular weight is 431 g/mol. The first-order valence-electron chi connectivity index (χ1n) is 10.0. The fourth-order valence-electron chi connectivity index (χ4n) is 5.78. The normalized spacial score (nSPS) is 33.6. The van der Waals surface area contributed by atoms with E-state index in [0.29, 0.717) is 17.8 Å². The fourth-order valence-corrected chi connectivity index (χ4v) is 6.05. The van der Waals surface area contributed by atoms with E-state index in [4.69, 9.17) is 22.1 Å². The summed E-state index contributed by atoms with van der Waals surface area (Å²) in [4.78, 5) is 13.0. The third-order valence-electron chi connectivity index (χ3n) is 6.80. The minimum absolute atomic E-state index is 0.0376. The molecule has 0 radical (unpaired) electrons. The molecule has 4 aliphatic carbocycles. The van der Waals surface area contributed by atoms with Crippen LogP contribution in [0.4, 0.5) is 13.2 Å². The molecule has 0 heterocycles. The summed E-state index contributed by atoms with van der Waals surface area (Å²) < 4.78 is 45.0. The number of halogens is 4. The molecule has 29 heavy (non-hydrogen) atoms. The minimum Gasteiger partial charge on any atom is -0.476 e. The minimum atomic E-state index is -4.60. The van der Waals surface area contributed by atoms with Crippen molar-refractivity contribution in [2.45, 2.75) is 69.3 Å². The van der Waals surface area contributed by atoms with Crippen LogP contribution in [0.3, 0.4) is 0 Å². The van der Waals surface area contributed by atoms with Crippen LogP contribution in [0.1, 0.15) is 51.5 Å². The monoisotopic (exact) mass is 430 g/mol. The Kier molecular flexibility index (Phi) is 4.85. The number of ether oxygens (including phenoxy) is 1. The summed E-state index contributed by atoms with van der Waals surface area (Å²) in [6.45, 7) is 3.08. The highest BCUT2D eigenvalue weighted by atomic mass is 35.5. The van der Waals surface area contributed by atoms with Gasteiger partial charge in [0.15, 0.2) is 5.60 Å². The lowest BCUT2D eigenvalue weighted by Gasteiger charge is -2.59. The summed E-state index contributed by atoms with van der Waals surface area (Å²) in [5.74, 6) is 0.826. The first-order valence-corrected chi connectivity index (χ1v) is 10.4. The van der Waals surface area contributed by atoms with Crippen LogP contribution in [0.5, 0.6) is 5.75 Å². The number of hydrogen-bond acceptors (Lipinski definition) is 3. The molecule has 1 aromatic rings. The molecule has 4 bridgehead atoms. The molecular weight excluding hydrogens is 405 g/mol. The molecule has 4 saturated carbocycles. The second-order valence-electron chi connectivity index (χ2n) is 9.56. The molecular formula is C21H26ClF3N2O2. The zero-order chi connectivity index (χ0) is 21.2. The van der Waals surface area contributed by atoms with Gasteiger partial charge in [0.1, 0.15) is 5.75 Å². The number of benzene rings is 1. The van der Waals surface area contributed by atoms with Gasteiger partial charge in [-0.15, -0.1) is 0 Å². The second-order valence-corrected chi connectivity index (χ2v) is 9.94. The molecule has 1 amide bonds. The van der Waals surface area contributed by atoms with Gasteiger partial charge in [0.2, 0.25) is 0 Å². The van der Waals surface area contributed by atoms with E-state index in [9.17, 15) is 18.0 Å². The Hall–Kier alpha value is -1.47. The van der Waals surface area contributed by atoms with E-state index in [0.717, 1.165) is 38.2 Å². The summed E-state index contributed by atoms with van der Waals surface area (Å²) in [6.07, 6.45) is 0.435. The molecule has 4 fully saturated rings. The Balaban J connectivity index is 1.48. The van der Waals surface area contributed by atoms with Gasteiger partial charge < -0.3 is 15.8 Å². The molecule has 3 N–H and O–H groups in total. The van der Waals surface area contributed by atoms with Crippen LogP contribution in [0, 0.1) is 17.8 Å². The Morgan fingerprint density at radius 3 is 2.38 bits per heavy atom. The Morgan fingerprint density at radius 2 is 1.83 bits per heavy atom. The van der Waals surface area contributed by atoms with Crippen molar-refractivity contribution in [1.29, 1.82) is 0 Å². The molecule has 0 aliphatic heterocycles. The predicted molar refractivity (Wildman–Crippen MR) is 104 cm³/mol. The first-order chi connectivity index (χ1) is 13.4. The molecule has 5 atom stereocenters. The van der Waals surface area contributed by atoms with Crippen molar-refractivity contribution in [2.75, 3.05) is 0 Å². The number of alkyl halides is 3. The fraction of sp³-hybridized carbons (Fsp3) is 0.667. The largest absolute Gasteiger partial charge is 0.476 e. The summed E-state index contributed by atoms with van der Waals surface area (Å²) in [6, 6.07) is 3.49. The second kappa shape index (κ2) is 6.77. The van der Waals surface area contributed by atoms with Gasteiger partial charge in [-0.2, -0.15) is 13.2 Å². The Labute approximate surface area is 173 Å². The van der Waals surface area contributed by atoms with Gasteiger partial charge in [-0.1, -0.05) is 17.7 Å².